The van der Waals surface area contributed by atoms with E-state index in [0.29, 0.717) is 33.9 Å². The van der Waals surface area contributed by atoms with Gasteiger partial charge in [-0.2, -0.15) is 4.98 Å². The normalized spacial score (nSPS) is 16.9. The van der Waals surface area contributed by atoms with Crippen LogP contribution in [0.1, 0.15) is 32.3 Å². The van der Waals surface area contributed by atoms with Crippen molar-refractivity contribution < 1.29 is 56.0 Å². The van der Waals surface area contributed by atoms with Crippen LogP contribution in [0.2, 0.25) is 0 Å². The van der Waals surface area contributed by atoms with Gasteiger partial charge >= 0.3 is 13.9 Å². The Kier molecular flexibility index (Phi) is 15.6. The van der Waals surface area contributed by atoms with Gasteiger partial charge in [0.2, 0.25) is 6.23 Å². The number of methoxy groups -OCH3 is 2. The molecule has 1 saturated heterocycles. The first-order valence-corrected chi connectivity index (χ1v) is 13.5. The summed E-state index contributed by atoms with van der Waals surface area (Å²) >= 11 is 0. The minimum atomic E-state index is -3.32. The van der Waals surface area contributed by atoms with Crippen LogP contribution < -0.4 is 20.5 Å². The van der Waals surface area contributed by atoms with Crippen LogP contribution in [0, 0.1) is 0 Å². The fourth-order valence-electron chi connectivity index (χ4n) is 3.58. The van der Waals surface area contributed by atoms with Crippen molar-refractivity contribution in [2.45, 2.75) is 45.1 Å². The second kappa shape index (κ2) is 18.0. The number of aromatic nitrogens is 2. The highest BCUT2D eigenvalue weighted by molar-refractivity contribution is 7.32. The van der Waals surface area contributed by atoms with Crippen LogP contribution in [-0.4, -0.2) is 73.0 Å². The van der Waals surface area contributed by atoms with E-state index in [1.165, 1.54) is 13.1 Å². The maximum absolute atomic E-state index is 13.9. The Morgan fingerprint density at radius 2 is 1.93 bits per heavy atom. The predicted octanol–water partition coefficient (Wildman–Crippen LogP) is 3.63. The number of carbonyl (C=O) groups excluding carboxylic acids is 1. The molecule has 0 spiro atoms. The molecule has 1 aliphatic heterocycles. The number of carbonyl (C=O) groups is 1. The number of fused-ring (bicyclic) bond motifs is 1. The summed E-state index contributed by atoms with van der Waals surface area (Å²) in [6.45, 7) is 4.02. The number of hydrogen-bond acceptors (Lipinski definition) is 12. The fourth-order valence-corrected chi connectivity index (χ4v) is 3.88. The summed E-state index contributed by atoms with van der Waals surface area (Å²) in [4.78, 5) is 33.9. The highest BCUT2D eigenvalue weighted by Crippen LogP contribution is 2.42. The zero-order valence-corrected chi connectivity index (χ0v) is 24.8. The number of alkyl halides is 2. The highest BCUT2D eigenvalue weighted by atomic mass is 31.1. The Hall–Kier alpha value is -3.69. The zero-order chi connectivity index (χ0) is 31.9. The quantitative estimate of drug-likeness (QED) is 0.220. The smallest absolute Gasteiger partial charge is 0.497 e. The van der Waals surface area contributed by atoms with Gasteiger partial charge in [0, 0.05) is 42.8 Å². The van der Waals surface area contributed by atoms with Crippen molar-refractivity contribution in [2.75, 3.05) is 40.3 Å². The molecule has 17 heteroatoms. The number of nitrogens with one attached hydrogen (secondary N) is 1. The molecule has 1 aliphatic rings. The number of aliphatic hydroxyl groups excluding tert-OH is 1. The Morgan fingerprint density at radius 3 is 2.48 bits per heavy atom. The van der Waals surface area contributed by atoms with E-state index < -0.39 is 45.2 Å². The Labute approximate surface area is 241 Å². The van der Waals surface area contributed by atoms with Gasteiger partial charge < -0.3 is 33.8 Å². The van der Waals surface area contributed by atoms with E-state index in [1.807, 2.05) is 19.9 Å². The van der Waals surface area contributed by atoms with Crippen molar-refractivity contribution in [3.05, 3.63) is 46.7 Å². The first-order chi connectivity index (χ1) is 20.1. The number of ether oxygens (including phenoxy) is 4. The third-order valence-electron chi connectivity index (χ3n) is 5.25. The summed E-state index contributed by atoms with van der Waals surface area (Å²) in [6.07, 6.45) is -2.49. The summed E-state index contributed by atoms with van der Waals surface area (Å²) in [6, 6.07) is 6.70. The van der Waals surface area contributed by atoms with Crippen LogP contribution >= 0.6 is 8.25 Å². The number of hydrogen-bond donors (Lipinski definition) is 3. The van der Waals surface area contributed by atoms with E-state index in [2.05, 4.69) is 19.6 Å². The van der Waals surface area contributed by atoms with Gasteiger partial charge in [0.25, 0.3) is 12.4 Å². The molecular formula is C25H35F2N3O11P+. The predicted molar refractivity (Wildman–Crippen MR) is 147 cm³/mol. The largest absolute Gasteiger partial charge is 0.694 e. The molecule has 1 aromatic carbocycles. The Balaban J connectivity index is 0.000000382. The lowest BCUT2D eigenvalue weighted by Crippen LogP contribution is -2.35. The molecule has 0 aliphatic carbocycles. The summed E-state index contributed by atoms with van der Waals surface area (Å²) in [7, 11) is 2.78. The molecule has 2 unspecified atom stereocenters. The van der Waals surface area contributed by atoms with Crippen molar-refractivity contribution in [1.82, 2.24) is 9.55 Å². The number of furan rings is 1. The van der Waals surface area contributed by atoms with E-state index in [4.69, 9.17) is 28.6 Å². The monoisotopic (exact) mass is 622 g/mol. The molecular weight excluding hydrogens is 587 g/mol. The van der Waals surface area contributed by atoms with Crippen LogP contribution in [0.3, 0.4) is 0 Å². The minimum Gasteiger partial charge on any atom is -0.497 e. The van der Waals surface area contributed by atoms with Crippen LogP contribution in [0.15, 0.2) is 39.7 Å². The molecule has 0 amide bonds. The number of anilines is 1. The molecule has 0 bridgehead atoms. The van der Waals surface area contributed by atoms with Crippen molar-refractivity contribution in [3.8, 4) is 11.5 Å². The summed E-state index contributed by atoms with van der Waals surface area (Å²) in [5, 5.41) is 10.5. The number of benzene rings is 1. The number of aliphatic hydroxyl groups is 1. The van der Waals surface area contributed by atoms with Crippen molar-refractivity contribution in [1.29, 1.82) is 0 Å². The van der Waals surface area contributed by atoms with Crippen LogP contribution in [0.5, 0.6) is 11.5 Å². The van der Waals surface area contributed by atoms with Gasteiger partial charge in [-0.1, -0.05) is 13.8 Å². The zero-order valence-electron chi connectivity index (χ0n) is 23.9. The molecule has 0 radical (unpaired) electrons. The van der Waals surface area contributed by atoms with Gasteiger partial charge in [-0.25, -0.2) is 13.6 Å². The van der Waals surface area contributed by atoms with Crippen LogP contribution in [0.4, 0.5) is 14.6 Å². The summed E-state index contributed by atoms with van der Waals surface area (Å²) < 4.78 is 68.8. The average Bonchev–Trinajstić information content (AvgIpc) is 3.55. The number of halogens is 2. The Bertz CT molecular complexity index is 1340. The van der Waals surface area contributed by atoms with E-state index in [1.54, 1.807) is 26.4 Å². The fraction of sp³-hybridized carbons (Fsp3) is 0.480. The lowest BCUT2D eigenvalue weighted by Gasteiger charge is -2.19. The average molecular weight is 623 g/mol. The maximum Gasteiger partial charge on any atom is 0.694 e. The van der Waals surface area contributed by atoms with Crippen LogP contribution in [-0.2, 0) is 30.0 Å². The minimum absolute atomic E-state index is 0.101. The highest BCUT2D eigenvalue weighted by Gasteiger charge is 2.52. The lowest BCUT2D eigenvalue weighted by molar-refractivity contribution is -0.130. The van der Waals surface area contributed by atoms with Gasteiger partial charge in [-0.05, 0) is 18.2 Å². The van der Waals surface area contributed by atoms with Gasteiger partial charge in [0.15, 0.2) is 11.3 Å². The maximum atomic E-state index is 13.9. The molecule has 14 nitrogen and oxygen atoms in total. The number of nitrogens with zero attached hydrogens (tertiary/aromatic N) is 2. The van der Waals surface area contributed by atoms with Crippen molar-refractivity contribution in [2.24, 2.45) is 0 Å². The van der Waals surface area contributed by atoms with Gasteiger partial charge in [-0.15, -0.1) is 9.42 Å². The molecule has 1 fully saturated rings. The van der Waals surface area contributed by atoms with E-state index in [-0.39, 0.29) is 12.4 Å². The van der Waals surface area contributed by atoms with Gasteiger partial charge in [0.05, 0.1) is 20.3 Å². The standard InChI is InChI=1S/C12H12O5.C10H12F2N3O5P.C2H6.CH4O/c1-14-9-3-8-4-10(6-16-7-13)17-12(8)11(5-9)15-2;1-13-7-2-3-15(9(16)14-7)8-10(11,12)4-6(20-8)5-19-21(17)18;2*1-2/h3-5,7H,6H2,1-2H3;2-3,6,8H,4-5H2,1H3,(H-,13,14,16,17,18);1-2H3;2H,1H3/p+1/t;6?,8-;;/m.1../s1. The summed E-state index contributed by atoms with van der Waals surface area (Å²) in [5.41, 5.74) is -0.279. The molecule has 42 heavy (non-hydrogen) atoms. The molecule has 234 valence electrons. The molecule has 4 rings (SSSR count). The molecule has 3 heterocycles. The molecule has 3 atom stereocenters. The third kappa shape index (κ3) is 9.99. The number of rotatable bonds is 10. The van der Waals surface area contributed by atoms with E-state index in [9.17, 15) is 22.9 Å². The van der Waals surface area contributed by atoms with Crippen molar-refractivity contribution in [3.63, 3.8) is 0 Å². The first kappa shape index (κ1) is 36.3. The molecule has 0 saturated carbocycles. The first-order valence-electron chi connectivity index (χ1n) is 12.4. The SMILES string of the molecule is CC.CNc1ccn([C@@H]2OC(CO[P+](=O)O)CC2(F)F)c(=O)n1.CO.COc1cc(OC)c2oc(COC=O)cc2c1. The molecule has 3 aromatic rings. The second-order valence-corrected chi connectivity index (χ2v) is 8.46. The topological polar surface area (TPSA) is 181 Å². The summed E-state index contributed by atoms with van der Waals surface area (Å²) in [5.74, 6) is -1.26. The Morgan fingerprint density at radius 1 is 1.24 bits per heavy atom. The molecule has 2 aromatic heterocycles. The van der Waals surface area contributed by atoms with E-state index >= 15 is 0 Å². The van der Waals surface area contributed by atoms with Crippen LogP contribution in [0.25, 0.3) is 11.0 Å². The van der Waals surface area contributed by atoms with E-state index in [0.717, 1.165) is 18.7 Å². The van der Waals surface area contributed by atoms with Gasteiger partial charge in [-0.3, -0.25) is 9.36 Å². The third-order valence-corrected chi connectivity index (χ3v) is 5.62. The molecule has 3 N–H and O–H groups in total. The lowest BCUT2D eigenvalue weighted by atomic mass is 10.2. The van der Waals surface area contributed by atoms with Crippen molar-refractivity contribution >= 4 is 31.5 Å². The van der Waals surface area contributed by atoms with Gasteiger partial charge in [0.1, 0.15) is 30.5 Å². The second-order valence-electron chi connectivity index (χ2n) is 7.73.